The van der Waals surface area contributed by atoms with Crippen LogP contribution in [0.25, 0.3) is 10.9 Å². The number of aromatic amines is 1. The average Bonchev–Trinajstić information content (AvgIpc) is 2.77. The Balaban J connectivity index is 2.00. The van der Waals surface area contributed by atoms with Gasteiger partial charge in [-0.05, 0) is 17.7 Å². The lowest BCUT2D eigenvalue weighted by Gasteiger charge is -2.04. The molecule has 0 atom stereocenters. The molecule has 0 saturated heterocycles. The van der Waals surface area contributed by atoms with Gasteiger partial charge < -0.3 is 0 Å². The Labute approximate surface area is 109 Å². The molecular weight excluding hydrogens is 240 g/mol. The van der Waals surface area contributed by atoms with Crippen LogP contribution in [0.1, 0.15) is 15.9 Å². The topological polar surface area (TPSA) is 54.9 Å². The highest BCUT2D eigenvalue weighted by Crippen LogP contribution is 2.11. The summed E-state index contributed by atoms with van der Waals surface area (Å²) < 4.78 is 1.81. The van der Waals surface area contributed by atoms with Crippen LogP contribution in [-0.4, -0.2) is 16.1 Å². The zero-order valence-corrected chi connectivity index (χ0v) is 10.2. The largest absolute Gasteiger partial charge is 0.298 e. The average molecular weight is 252 g/mol. The van der Waals surface area contributed by atoms with Crippen molar-refractivity contribution in [2.45, 2.75) is 6.54 Å². The molecule has 0 unspecified atom stereocenters. The molecule has 1 heterocycles. The quantitative estimate of drug-likeness (QED) is 0.726. The van der Waals surface area contributed by atoms with E-state index in [2.05, 4.69) is 5.10 Å². The zero-order valence-electron chi connectivity index (χ0n) is 10.2. The van der Waals surface area contributed by atoms with E-state index in [-0.39, 0.29) is 5.56 Å². The summed E-state index contributed by atoms with van der Waals surface area (Å²) in [5, 5.41) is 3.51. The Morgan fingerprint density at radius 1 is 1.05 bits per heavy atom. The van der Waals surface area contributed by atoms with Gasteiger partial charge in [0.15, 0.2) is 0 Å². The minimum Gasteiger partial charge on any atom is -0.298 e. The van der Waals surface area contributed by atoms with Crippen LogP contribution in [0.5, 0.6) is 0 Å². The first-order valence-electron chi connectivity index (χ1n) is 5.99. The molecule has 4 heteroatoms. The first kappa shape index (κ1) is 11.5. The Morgan fingerprint density at radius 2 is 1.79 bits per heavy atom. The maximum atomic E-state index is 11.8. The van der Waals surface area contributed by atoms with Gasteiger partial charge in [0.1, 0.15) is 6.29 Å². The molecule has 4 nitrogen and oxygen atoms in total. The molecular formula is C15H12N2O2. The number of nitrogens with one attached hydrogen (secondary N) is 1. The predicted molar refractivity (Wildman–Crippen MR) is 73.5 cm³/mol. The number of benzene rings is 2. The third-order valence-electron chi connectivity index (χ3n) is 3.13. The summed E-state index contributed by atoms with van der Waals surface area (Å²) in [4.78, 5) is 22.4. The van der Waals surface area contributed by atoms with E-state index in [0.29, 0.717) is 17.5 Å². The maximum absolute atomic E-state index is 11.8. The highest BCUT2D eigenvalue weighted by Gasteiger charge is 2.05. The number of nitrogens with zero attached hydrogens (tertiary/aromatic N) is 1. The molecule has 0 amide bonds. The van der Waals surface area contributed by atoms with Crippen LogP contribution in [0.2, 0.25) is 0 Å². The number of para-hydroxylation sites is 1. The van der Waals surface area contributed by atoms with Gasteiger partial charge >= 0.3 is 0 Å². The molecule has 0 saturated carbocycles. The van der Waals surface area contributed by atoms with Gasteiger partial charge in [-0.25, -0.2) is 0 Å². The molecule has 0 aliphatic rings. The Hall–Kier alpha value is -2.62. The Morgan fingerprint density at radius 3 is 2.53 bits per heavy atom. The number of hydrogen-bond acceptors (Lipinski definition) is 2. The van der Waals surface area contributed by atoms with Crippen LogP contribution in [0.4, 0.5) is 0 Å². The van der Waals surface area contributed by atoms with E-state index >= 15 is 0 Å². The van der Waals surface area contributed by atoms with Gasteiger partial charge in [0.2, 0.25) is 0 Å². The second-order valence-electron chi connectivity index (χ2n) is 4.40. The van der Waals surface area contributed by atoms with E-state index in [1.807, 2.05) is 35.0 Å². The van der Waals surface area contributed by atoms with Crippen LogP contribution in [-0.2, 0) is 6.54 Å². The molecule has 0 aliphatic carbocycles. The van der Waals surface area contributed by atoms with Crippen molar-refractivity contribution in [3.05, 3.63) is 70.0 Å². The molecule has 0 aliphatic heterocycles. The lowest BCUT2D eigenvalue weighted by atomic mass is 10.1. The number of rotatable bonds is 3. The van der Waals surface area contributed by atoms with Gasteiger partial charge in [-0.15, -0.1) is 0 Å². The van der Waals surface area contributed by atoms with E-state index in [4.69, 9.17) is 0 Å². The molecule has 0 bridgehead atoms. The number of carbonyl (C=O) groups is 1. The summed E-state index contributed by atoms with van der Waals surface area (Å²) in [6.45, 7) is 0.571. The van der Waals surface area contributed by atoms with Gasteiger partial charge in [0, 0.05) is 5.56 Å². The van der Waals surface area contributed by atoms with Crippen molar-refractivity contribution < 1.29 is 4.79 Å². The lowest BCUT2D eigenvalue weighted by molar-refractivity contribution is 0.112. The molecule has 1 N–H and O–H groups in total. The molecule has 2 aromatic carbocycles. The third-order valence-corrected chi connectivity index (χ3v) is 3.13. The van der Waals surface area contributed by atoms with Crippen molar-refractivity contribution in [1.29, 1.82) is 0 Å². The molecule has 1 aromatic heterocycles. The van der Waals surface area contributed by atoms with Crippen LogP contribution in [0.3, 0.4) is 0 Å². The molecule has 94 valence electrons. The van der Waals surface area contributed by atoms with Crippen molar-refractivity contribution >= 4 is 17.2 Å². The van der Waals surface area contributed by atoms with E-state index in [1.165, 1.54) is 0 Å². The summed E-state index contributed by atoms with van der Waals surface area (Å²) in [5.74, 6) is 0. The minimum absolute atomic E-state index is 0.0832. The van der Waals surface area contributed by atoms with Gasteiger partial charge in [0.05, 0.1) is 17.4 Å². The first-order chi connectivity index (χ1) is 9.28. The van der Waals surface area contributed by atoms with E-state index in [9.17, 15) is 9.59 Å². The SMILES string of the molecule is O=Cc1ccc(Cn2[nH]c(=O)c3ccccc32)cc1. The van der Waals surface area contributed by atoms with E-state index in [1.54, 1.807) is 18.2 Å². The van der Waals surface area contributed by atoms with Crippen LogP contribution >= 0.6 is 0 Å². The summed E-state index contributed by atoms with van der Waals surface area (Å²) in [7, 11) is 0. The van der Waals surface area contributed by atoms with Crippen molar-refractivity contribution in [3.63, 3.8) is 0 Å². The fourth-order valence-corrected chi connectivity index (χ4v) is 2.15. The smallest absolute Gasteiger partial charge is 0.271 e. The summed E-state index contributed by atoms with van der Waals surface area (Å²) in [6.07, 6.45) is 0.816. The molecule has 0 spiro atoms. The normalized spacial score (nSPS) is 10.7. The van der Waals surface area contributed by atoms with Crippen LogP contribution in [0.15, 0.2) is 53.3 Å². The highest BCUT2D eigenvalue weighted by atomic mass is 16.1. The number of aromatic nitrogens is 2. The second-order valence-corrected chi connectivity index (χ2v) is 4.40. The summed E-state index contributed by atoms with van der Waals surface area (Å²) >= 11 is 0. The monoisotopic (exact) mass is 252 g/mol. The molecule has 3 rings (SSSR count). The van der Waals surface area contributed by atoms with E-state index in [0.717, 1.165) is 17.4 Å². The zero-order chi connectivity index (χ0) is 13.2. The molecule has 0 radical (unpaired) electrons. The fourth-order valence-electron chi connectivity index (χ4n) is 2.15. The van der Waals surface area contributed by atoms with Gasteiger partial charge in [-0.3, -0.25) is 19.4 Å². The second kappa shape index (κ2) is 4.57. The maximum Gasteiger partial charge on any atom is 0.271 e. The molecule has 0 fully saturated rings. The first-order valence-corrected chi connectivity index (χ1v) is 5.99. The van der Waals surface area contributed by atoms with Crippen molar-refractivity contribution in [1.82, 2.24) is 9.78 Å². The number of aldehydes is 1. The van der Waals surface area contributed by atoms with Gasteiger partial charge in [-0.1, -0.05) is 36.4 Å². The number of H-pyrrole nitrogens is 1. The highest BCUT2D eigenvalue weighted by molar-refractivity contribution is 5.78. The van der Waals surface area contributed by atoms with Crippen molar-refractivity contribution in [2.75, 3.05) is 0 Å². The van der Waals surface area contributed by atoms with Crippen LogP contribution in [0, 0.1) is 0 Å². The number of carbonyl (C=O) groups excluding carboxylic acids is 1. The fraction of sp³-hybridized carbons (Fsp3) is 0.0667. The minimum atomic E-state index is -0.0832. The molecule has 19 heavy (non-hydrogen) atoms. The standard InChI is InChI=1S/C15H12N2O2/c18-10-12-7-5-11(6-8-12)9-17-14-4-2-1-3-13(14)15(19)16-17/h1-8,10H,9H2,(H,16,19). The Kier molecular flexibility index (Phi) is 2.76. The molecule has 3 aromatic rings. The van der Waals surface area contributed by atoms with Crippen molar-refractivity contribution in [3.8, 4) is 0 Å². The summed E-state index contributed by atoms with van der Waals surface area (Å²) in [6, 6.07) is 14.8. The summed E-state index contributed by atoms with van der Waals surface area (Å²) in [5.41, 5.74) is 2.48. The number of fused-ring (bicyclic) bond motifs is 1. The number of hydrogen-bond donors (Lipinski definition) is 1. The predicted octanol–water partition coefficient (Wildman–Crippen LogP) is 2.19. The van der Waals surface area contributed by atoms with Crippen LogP contribution < -0.4 is 5.56 Å². The Bertz CT molecular complexity index is 782. The van der Waals surface area contributed by atoms with E-state index < -0.39 is 0 Å². The third kappa shape index (κ3) is 2.08. The van der Waals surface area contributed by atoms with Gasteiger partial charge in [0.25, 0.3) is 5.56 Å². The van der Waals surface area contributed by atoms with Crippen molar-refractivity contribution in [2.24, 2.45) is 0 Å². The van der Waals surface area contributed by atoms with Gasteiger partial charge in [-0.2, -0.15) is 0 Å². The lowest BCUT2D eigenvalue weighted by Crippen LogP contribution is -2.06.